The van der Waals surface area contributed by atoms with E-state index in [9.17, 15) is 0 Å². The first-order valence-electron chi connectivity index (χ1n) is 8.72. The molecule has 1 saturated carbocycles. The first-order chi connectivity index (χ1) is 12.3. The van der Waals surface area contributed by atoms with Crippen LogP contribution < -0.4 is 10.5 Å². The van der Waals surface area contributed by atoms with E-state index in [0.29, 0.717) is 24.4 Å². The van der Waals surface area contributed by atoms with Gasteiger partial charge in [0, 0.05) is 17.7 Å². The summed E-state index contributed by atoms with van der Waals surface area (Å²) in [5.41, 5.74) is 8.49. The predicted molar refractivity (Wildman–Crippen MR) is 103 cm³/mol. The van der Waals surface area contributed by atoms with Crippen molar-refractivity contribution < 1.29 is 9.26 Å². The number of rotatable bonds is 5. The molecular formula is C20H22ClN3O2. The monoisotopic (exact) mass is 371 g/mol. The molecule has 4 rings (SSSR count). The van der Waals surface area contributed by atoms with Gasteiger partial charge in [0.1, 0.15) is 5.75 Å². The Labute approximate surface area is 159 Å². The standard InChI is InChI=1S/C20H21N3O2.ClH/c21-13-14-5-7-16(8-6-14)20-22-19(23-25-20)15-9-11-18(12-10-15)24-17-3-1-2-4-17;/h5-12,17H,1-4,13,21H2;1H. The first-order valence-corrected chi connectivity index (χ1v) is 8.72. The molecule has 2 N–H and O–H groups in total. The van der Waals surface area contributed by atoms with Crippen molar-refractivity contribution in [3.8, 4) is 28.6 Å². The summed E-state index contributed by atoms with van der Waals surface area (Å²) in [6.07, 6.45) is 5.19. The Morgan fingerprint density at radius 1 is 0.962 bits per heavy atom. The van der Waals surface area contributed by atoms with Crippen LogP contribution in [-0.2, 0) is 6.54 Å². The second kappa shape index (κ2) is 8.34. The Balaban J connectivity index is 0.00000196. The summed E-state index contributed by atoms with van der Waals surface area (Å²) in [4.78, 5) is 4.49. The second-order valence-corrected chi connectivity index (χ2v) is 6.37. The molecule has 6 heteroatoms. The number of hydrogen-bond donors (Lipinski definition) is 1. The highest BCUT2D eigenvalue weighted by molar-refractivity contribution is 5.85. The summed E-state index contributed by atoms with van der Waals surface area (Å²) < 4.78 is 11.4. The quantitative estimate of drug-likeness (QED) is 0.709. The van der Waals surface area contributed by atoms with Crippen LogP contribution in [0.2, 0.25) is 0 Å². The van der Waals surface area contributed by atoms with Crippen molar-refractivity contribution in [1.29, 1.82) is 0 Å². The number of hydrogen-bond acceptors (Lipinski definition) is 5. The highest BCUT2D eigenvalue weighted by Crippen LogP contribution is 2.27. The van der Waals surface area contributed by atoms with Gasteiger partial charge in [0.15, 0.2) is 0 Å². The minimum Gasteiger partial charge on any atom is -0.490 e. The fourth-order valence-electron chi connectivity index (χ4n) is 3.12. The summed E-state index contributed by atoms with van der Waals surface area (Å²) in [5, 5.41) is 4.09. The fourth-order valence-corrected chi connectivity index (χ4v) is 3.12. The zero-order chi connectivity index (χ0) is 17.1. The van der Waals surface area contributed by atoms with Crippen LogP contribution in [-0.4, -0.2) is 16.2 Å². The molecule has 0 saturated heterocycles. The van der Waals surface area contributed by atoms with E-state index >= 15 is 0 Å². The molecule has 0 unspecified atom stereocenters. The molecule has 0 bridgehead atoms. The lowest BCUT2D eigenvalue weighted by molar-refractivity contribution is 0.210. The molecule has 3 aromatic rings. The second-order valence-electron chi connectivity index (χ2n) is 6.37. The molecule has 0 radical (unpaired) electrons. The Hall–Kier alpha value is -2.37. The van der Waals surface area contributed by atoms with Crippen molar-refractivity contribution in [2.24, 2.45) is 5.73 Å². The van der Waals surface area contributed by atoms with E-state index in [0.717, 1.165) is 35.3 Å². The van der Waals surface area contributed by atoms with Crippen LogP contribution in [0.5, 0.6) is 5.75 Å². The average Bonchev–Trinajstić information content (AvgIpc) is 3.34. The maximum atomic E-state index is 5.99. The maximum Gasteiger partial charge on any atom is 0.258 e. The summed E-state index contributed by atoms with van der Waals surface area (Å²) in [7, 11) is 0. The predicted octanol–water partition coefficient (Wildman–Crippen LogP) is 4.61. The van der Waals surface area contributed by atoms with Crippen molar-refractivity contribution in [2.75, 3.05) is 0 Å². The largest absolute Gasteiger partial charge is 0.490 e. The van der Waals surface area contributed by atoms with Gasteiger partial charge in [0.25, 0.3) is 5.89 Å². The summed E-state index contributed by atoms with van der Waals surface area (Å²) >= 11 is 0. The van der Waals surface area contributed by atoms with Crippen LogP contribution in [0.1, 0.15) is 31.2 Å². The lowest BCUT2D eigenvalue weighted by atomic mass is 10.1. The molecule has 0 spiro atoms. The number of ether oxygens (including phenoxy) is 1. The van der Waals surface area contributed by atoms with E-state index in [2.05, 4.69) is 10.1 Å². The van der Waals surface area contributed by atoms with Crippen LogP contribution >= 0.6 is 12.4 Å². The number of halogens is 1. The third-order valence-corrected chi connectivity index (χ3v) is 4.58. The molecular weight excluding hydrogens is 350 g/mol. The number of aromatic nitrogens is 2. The topological polar surface area (TPSA) is 74.2 Å². The lowest BCUT2D eigenvalue weighted by Crippen LogP contribution is -2.10. The summed E-state index contributed by atoms with van der Waals surface area (Å²) in [6.45, 7) is 0.518. The summed E-state index contributed by atoms with van der Waals surface area (Å²) in [6, 6.07) is 15.7. The molecule has 5 nitrogen and oxygen atoms in total. The maximum absolute atomic E-state index is 5.99. The minimum absolute atomic E-state index is 0. The van der Waals surface area contributed by atoms with Gasteiger partial charge < -0.3 is 15.0 Å². The molecule has 1 aliphatic rings. The Kier molecular flexibility index (Phi) is 5.91. The van der Waals surface area contributed by atoms with Crippen molar-refractivity contribution in [3.63, 3.8) is 0 Å². The highest BCUT2D eigenvalue weighted by atomic mass is 35.5. The lowest BCUT2D eigenvalue weighted by Gasteiger charge is -2.12. The van der Waals surface area contributed by atoms with Crippen LogP contribution in [0.3, 0.4) is 0 Å². The molecule has 2 aromatic carbocycles. The third-order valence-electron chi connectivity index (χ3n) is 4.58. The molecule has 1 aromatic heterocycles. The molecule has 1 aliphatic carbocycles. The van der Waals surface area contributed by atoms with E-state index in [1.165, 1.54) is 12.8 Å². The zero-order valence-corrected chi connectivity index (χ0v) is 15.2. The Bertz CT molecular complexity index is 825. The van der Waals surface area contributed by atoms with Crippen molar-refractivity contribution in [1.82, 2.24) is 10.1 Å². The van der Waals surface area contributed by atoms with Gasteiger partial charge in [-0.05, 0) is 67.6 Å². The van der Waals surface area contributed by atoms with E-state index < -0.39 is 0 Å². The fraction of sp³-hybridized carbons (Fsp3) is 0.300. The van der Waals surface area contributed by atoms with E-state index in [-0.39, 0.29) is 12.4 Å². The average molecular weight is 372 g/mol. The molecule has 136 valence electrons. The normalized spacial score (nSPS) is 14.2. The molecule has 0 aliphatic heterocycles. The zero-order valence-electron chi connectivity index (χ0n) is 14.4. The molecule has 0 atom stereocenters. The number of nitrogens with zero attached hydrogens (tertiary/aromatic N) is 2. The van der Waals surface area contributed by atoms with Gasteiger partial charge in [-0.25, -0.2) is 0 Å². The van der Waals surface area contributed by atoms with Gasteiger partial charge in [0.05, 0.1) is 6.10 Å². The van der Waals surface area contributed by atoms with Gasteiger partial charge >= 0.3 is 0 Å². The number of nitrogens with two attached hydrogens (primary N) is 1. The van der Waals surface area contributed by atoms with Crippen molar-refractivity contribution in [3.05, 3.63) is 54.1 Å². The van der Waals surface area contributed by atoms with Gasteiger partial charge in [-0.15, -0.1) is 12.4 Å². The van der Waals surface area contributed by atoms with Crippen LogP contribution in [0.25, 0.3) is 22.8 Å². The summed E-state index contributed by atoms with van der Waals surface area (Å²) in [5.74, 6) is 1.98. The van der Waals surface area contributed by atoms with Crippen molar-refractivity contribution >= 4 is 12.4 Å². The molecule has 1 heterocycles. The smallest absolute Gasteiger partial charge is 0.258 e. The Morgan fingerprint density at radius 2 is 1.62 bits per heavy atom. The SMILES string of the molecule is Cl.NCc1ccc(-c2nc(-c3ccc(OC4CCCC4)cc3)no2)cc1. The van der Waals surface area contributed by atoms with E-state index in [1.807, 2.05) is 48.5 Å². The van der Waals surface area contributed by atoms with Gasteiger partial charge in [-0.1, -0.05) is 17.3 Å². The Morgan fingerprint density at radius 3 is 2.27 bits per heavy atom. The first kappa shape index (κ1) is 18.4. The molecule has 0 amide bonds. The van der Waals surface area contributed by atoms with Gasteiger partial charge in [-0.3, -0.25) is 0 Å². The van der Waals surface area contributed by atoms with Gasteiger partial charge in [0.2, 0.25) is 5.82 Å². The van der Waals surface area contributed by atoms with Crippen LogP contribution in [0.15, 0.2) is 53.1 Å². The highest BCUT2D eigenvalue weighted by Gasteiger charge is 2.16. The number of benzene rings is 2. The third kappa shape index (κ3) is 4.06. The molecule has 26 heavy (non-hydrogen) atoms. The van der Waals surface area contributed by atoms with Gasteiger partial charge in [-0.2, -0.15) is 4.98 Å². The van der Waals surface area contributed by atoms with Crippen LogP contribution in [0, 0.1) is 0 Å². The van der Waals surface area contributed by atoms with Crippen LogP contribution in [0.4, 0.5) is 0 Å². The minimum atomic E-state index is 0. The van der Waals surface area contributed by atoms with Crippen molar-refractivity contribution in [2.45, 2.75) is 38.3 Å². The van der Waals surface area contributed by atoms with E-state index in [1.54, 1.807) is 0 Å². The van der Waals surface area contributed by atoms with E-state index in [4.69, 9.17) is 15.0 Å². The molecule has 1 fully saturated rings.